The number of nitrogens with zero attached hydrogens (tertiary/aromatic N) is 4. The van der Waals surface area contributed by atoms with Crippen molar-refractivity contribution in [3.05, 3.63) is 70.5 Å². The molecule has 1 fully saturated rings. The van der Waals surface area contributed by atoms with Crippen molar-refractivity contribution >= 4 is 17.6 Å². The molecule has 0 amide bonds. The third kappa shape index (κ3) is 4.82. The van der Waals surface area contributed by atoms with Gasteiger partial charge in [-0.25, -0.2) is 13.8 Å². The van der Waals surface area contributed by atoms with Crippen LogP contribution in [0.25, 0.3) is 11.4 Å². The molecule has 2 unspecified atom stereocenters. The van der Waals surface area contributed by atoms with Gasteiger partial charge in [0, 0.05) is 29.2 Å². The second-order valence-electron chi connectivity index (χ2n) is 9.02. The Morgan fingerprint density at radius 3 is 2.54 bits per heavy atom. The number of hydrogen-bond acceptors (Lipinski definition) is 6. The van der Waals surface area contributed by atoms with Gasteiger partial charge in [-0.2, -0.15) is 23.1 Å². The van der Waals surface area contributed by atoms with Crippen LogP contribution in [0.2, 0.25) is 0 Å². The van der Waals surface area contributed by atoms with E-state index in [1.807, 2.05) is 0 Å². The average molecular weight is 515 g/mol. The minimum Gasteiger partial charge on any atom is -0.308 e. The van der Waals surface area contributed by atoms with E-state index in [0.29, 0.717) is 19.3 Å². The highest BCUT2D eigenvalue weighted by molar-refractivity contribution is 6.10. The van der Waals surface area contributed by atoms with Gasteiger partial charge in [0.05, 0.1) is 17.5 Å². The summed E-state index contributed by atoms with van der Waals surface area (Å²) >= 11 is 0. The van der Waals surface area contributed by atoms with Gasteiger partial charge in [0.15, 0.2) is 5.82 Å². The largest absolute Gasteiger partial charge is 0.417 e. The number of fused-ring (bicyclic) bond motifs is 1. The van der Waals surface area contributed by atoms with Crippen molar-refractivity contribution in [3.8, 4) is 11.4 Å². The second-order valence-corrected chi connectivity index (χ2v) is 9.02. The van der Waals surface area contributed by atoms with E-state index in [4.69, 9.17) is 0 Å². The van der Waals surface area contributed by atoms with Gasteiger partial charge in [-0.1, -0.05) is 31.5 Å². The van der Waals surface area contributed by atoms with Crippen molar-refractivity contribution in [2.45, 2.75) is 57.2 Å². The summed E-state index contributed by atoms with van der Waals surface area (Å²) in [6.45, 7) is 1.80. The Morgan fingerprint density at radius 1 is 1.03 bits per heavy atom. The van der Waals surface area contributed by atoms with E-state index in [1.165, 1.54) is 18.2 Å². The van der Waals surface area contributed by atoms with Gasteiger partial charge >= 0.3 is 6.18 Å². The molecule has 1 saturated carbocycles. The quantitative estimate of drug-likeness (QED) is 0.408. The van der Waals surface area contributed by atoms with Gasteiger partial charge in [0.2, 0.25) is 5.95 Å². The number of halogens is 5. The first kappa shape index (κ1) is 24.9. The average Bonchev–Trinajstić information content (AvgIpc) is 3.21. The summed E-state index contributed by atoms with van der Waals surface area (Å²) in [4.78, 5) is 29.9. The van der Waals surface area contributed by atoms with E-state index < -0.39 is 35.3 Å². The number of anilines is 1. The van der Waals surface area contributed by atoms with E-state index in [-0.39, 0.29) is 45.9 Å². The zero-order valence-corrected chi connectivity index (χ0v) is 19.7. The van der Waals surface area contributed by atoms with Crippen LogP contribution in [0, 0.1) is 11.6 Å². The fourth-order valence-electron chi connectivity index (χ4n) is 4.82. The molecule has 1 aliphatic heterocycles. The van der Waals surface area contributed by atoms with E-state index in [1.54, 1.807) is 6.92 Å². The van der Waals surface area contributed by atoms with Crippen molar-refractivity contribution in [2.75, 3.05) is 5.32 Å². The molecule has 0 radical (unpaired) electrons. The predicted molar refractivity (Wildman–Crippen MR) is 126 cm³/mol. The molecule has 0 spiro atoms. The lowest BCUT2D eigenvalue weighted by Gasteiger charge is -2.20. The lowest BCUT2D eigenvalue weighted by Crippen LogP contribution is -2.22. The number of alkyl halides is 3. The first-order valence-electron chi connectivity index (χ1n) is 11.9. The maximum absolute atomic E-state index is 14.6. The van der Waals surface area contributed by atoms with Crippen LogP contribution < -0.4 is 5.32 Å². The number of carbonyl (C=O) groups excluding carboxylic acids is 1. The van der Waals surface area contributed by atoms with Crippen LogP contribution in [0.15, 0.2) is 41.4 Å². The lowest BCUT2D eigenvalue weighted by atomic mass is 9.87. The molecule has 0 saturated heterocycles. The first-order chi connectivity index (χ1) is 17.7. The normalized spacial score (nSPS) is 19.5. The molecule has 1 N–H and O–H groups in total. The van der Waals surface area contributed by atoms with Crippen molar-refractivity contribution in [1.29, 1.82) is 0 Å². The number of aliphatic imine (C=N–C) groups is 1. The van der Waals surface area contributed by atoms with Crippen LogP contribution in [0.3, 0.4) is 0 Å². The Labute approximate surface area is 209 Å². The third-order valence-electron chi connectivity index (χ3n) is 6.58. The van der Waals surface area contributed by atoms with Crippen LogP contribution in [0.5, 0.6) is 0 Å². The van der Waals surface area contributed by atoms with Gasteiger partial charge in [-0.3, -0.25) is 9.79 Å². The van der Waals surface area contributed by atoms with E-state index in [9.17, 15) is 26.7 Å². The van der Waals surface area contributed by atoms with Crippen LogP contribution in [-0.4, -0.2) is 26.6 Å². The Morgan fingerprint density at radius 2 is 1.81 bits per heavy atom. The number of ketones is 1. The lowest BCUT2D eigenvalue weighted by molar-refractivity contribution is -0.137. The summed E-state index contributed by atoms with van der Waals surface area (Å²) in [7, 11) is 0. The molecule has 11 heteroatoms. The highest BCUT2D eigenvalue weighted by atomic mass is 19.4. The predicted octanol–water partition coefficient (Wildman–Crippen LogP) is 6.39. The Hall–Kier alpha value is -3.76. The zero-order valence-electron chi connectivity index (χ0n) is 19.7. The van der Waals surface area contributed by atoms with Crippen molar-refractivity contribution < 1.29 is 26.7 Å². The molecule has 2 aliphatic rings. The molecule has 3 aromatic rings. The number of Topliss-reactive ketones (excluding diaryl/α,β-unsaturated/α-hetero) is 1. The molecule has 0 bridgehead atoms. The molecule has 37 heavy (non-hydrogen) atoms. The maximum Gasteiger partial charge on any atom is 0.417 e. The van der Waals surface area contributed by atoms with Crippen LogP contribution in [0.1, 0.15) is 73.5 Å². The molecule has 6 nitrogen and oxygen atoms in total. The topological polar surface area (TPSA) is 80.1 Å². The number of nitrogens with one attached hydrogen (secondary N) is 1. The smallest absolute Gasteiger partial charge is 0.308 e. The molecule has 2 atom stereocenters. The Balaban J connectivity index is 1.63. The van der Waals surface area contributed by atoms with Crippen molar-refractivity contribution in [3.63, 3.8) is 0 Å². The maximum atomic E-state index is 14.6. The van der Waals surface area contributed by atoms with Gasteiger partial charge in [-0.15, -0.1) is 0 Å². The summed E-state index contributed by atoms with van der Waals surface area (Å²) < 4.78 is 69.9. The number of aromatic nitrogens is 3. The number of rotatable bonds is 4. The Bertz CT molecular complexity index is 1400. The number of carbonyl (C=O) groups is 1. The number of amidine groups is 1. The molecule has 1 aromatic heterocycles. The molecule has 2 aromatic carbocycles. The minimum absolute atomic E-state index is 0.0467. The molecular formula is C26H22F5N5O. The number of hydrogen-bond donors (Lipinski definition) is 1. The SMILES string of the molecule is CCC1N=C(Nc2nc(-c3ccccc3C(F)(F)F)nc(C3CCCCC3=O)n2)c2cc(F)cc(F)c21. The van der Waals surface area contributed by atoms with Gasteiger partial charge in [0.1, 0.15) is 29.1 Å². The van der Waals surface area contributed by atoms with Crippen LogP contribution >= 0.6 is 0 Å². The fraction of sp³-hybridized carbons (Fsp3) is 0.346. The molecule has 2 heterocycles. The van der Waals surface area contributed by atoms with E-state index >= 15 is 0 Å². The van der Waals surface area contributed by atoms with Gasteiger partial charge < -0.3 is 5.32 Å². The summed E-state index contributed by atoms with van der Waals surface area (Å²) in [5.74, 6) is -2.63. The molecule has 5 rings (SSSR count). The van der Waals surface area contributed by atoms with Crippen LogP contribution in [0.4, 0.5) is 27.9 Å². The monoisotopic (exact) mass is 515 g/mol. The second kappa shape index (κ2) is 9.60. The third-order valence-corrected chi connectivity index (χ3v) is 6.58. The van der Waals surface area contributed by atoms with Crippen molar-refractivity contribution in [2.24, 2.45) is 4.99 Å². The van der Waals surface area contributed by atoms with Gasteiger partial charge in [-0.05, 0) is 31.4 Å². The van der Waals surface area contributed by atoms with Gasteiger partial charge in [0.25, 0.3) is 0 Å². The summed E-state index contributed by atoms with van der Waals surface area (Å²) in [5, 5.41) is 2.84. The summed E-state index contributed by atoms with van der Waals surface area (Å²) in [6.07, 6.45) is -1.99. The molecular weight excluding hydrogens is 493 g/mol. The minimum atomic E-state index is -4.67. The Kier molecular flexibility index (Phi) is 6.47. The molecule has 1 aliphatic carbocycles. The van der Waals surface area contributed by atoms with E-state index in [0.717, 1.165) is 31.0 Å². The van der Waals surface area contributed by atoms with E-state index in [2.05, 4.69) is 25.3 Å². The number of benzene rings is 2. The fourth-order valence-corrected chi connectivity index (χ4v) is 4.82. The zero-order chi connectivity index (χ0) is 26.3. The highest BCUT2D eigenvalue weighted by Gasteiger charge is 2.35. The van der Waals surface area contributed by atoms with Crippen LogP contribution in [-0.2, 0) is 11.0 Å². The molecule has 192 valence electrons. The summed E-state index contributed by atoms with van der Waals surface area (Å²) in [6, 6.07) is 6.19. The summed E-state index contributed by atoms with van der Waals surface area (Å²) in [5.41, 5.74) is -0.822. The highest BCUT2D eigenvalue weighted by Crippen LogP contribution is 2.38. The van der Waals surface area contributed by atoms with Crippen molar-refractivity contribution in [1.82, 2.24) is 15.0 Å². The first-order valence-corrected chi connectivity index (χ1v) is 11.9. The standard InChI is InChI=1S/C26H22F5N5O/c1-2-19-21-16(11-13(27)12-18(21)28)24(32-19)36-25-34-22(14-7-3-5-9-17(14)26(29,30)31)33-23(35-25)15-8-4-6-10-20(15)37/h3,5,7,9,11-12,15,19H,2,4,6,8,10H2,1H3,(H,32,33,34,35,36).